The fourth-order valence-corrected chi connectivity index (χ4v) is 4.10. The van der Waals surface area contributed by atoms with Crippen LogP contribution >= 0.6 is 0 Å². The van der Waals surface area contributed by atoms with Crippen LogP contribution in [0.2, 0.25) is 0 Å². The Morgan fingerprint density at radius 3 is 1.42 bits per heavy atom. The first-order valence-corrected chi connectivity index (χ1v) is 9.66. The van der Waals surface area contributed by atoms with E-state index in [0.29, 0.717) is 0 Å². The number of rotatable bonds is 4. The van der Waals surface area contributed by atoms with Crippen molar-refractivity contribution in [3.63, 3.8) is 0 Å². The molecule has 0 heterocycles. The number of hydrogen-bond donors (Lipinski definition) is 4. The second-order valence-corrected chi connectivity index (χ2v) is 7.99. The van der Waals surface area contributed by atoms with Crippen molar-refractivity contribution in [3.8, 4) is 0 Å². The summed E-state index contributed by atoms with van der Waals surface area (Å²) in [4.78, 5) is 9.41. The second kappa shape index (κ2) is 8.86. The number of hydrogen-bond acceptors (Lipinski definition) is 6. The molecule has 0 aromatic heterocycles. The largest absolute Gasteiger partial charge is 0.328 e. The molecule has 4 unspecified atom stereocenters. The number of nitrogens with two attached hydrogens (primary N) is 4. The van der Waals surface area contributed by atoms with Crippen LogP contribution in [0.1, 0.15) is 49.7 Å². The zero-order valence-corrected chi connectivity index (χ0v) is 15.4. The van der Waals surface area contributed by atoms with Crippen molar-refractivity contribution < 1.29 is 0 Å². The van der Waals surface area contributed by atoms with E-state index in [2.05, 4.69) is 18.2 Å². The van der Waals surface area contributed by atoms with E-state index in [0.717, 1.165) is 49.7 Å². The molecule has 8 N–H and O–H groups in total. The molecular formula is C20H32N6. The highest BCUT2D eigenvalue weighted by molar-refractivity contribution is 5.86. The topological polar surface area (TPSA) is 129 Å². The standard InChI is InChI=1S/C20H32N6/c21-15-5-16(22)8-19(7-15)25-11-13-2-1-3-14(4-13)12-26-20-9-17(23)6-18(24)10-20/h1-4,11-12,15-20H,5-10,21-24H2. The lowest BCUT2D eigenvalue weighted by Crippen LogP contribution is -2.41. The van der Waals surface area contributed by atoms with Crippen molar-refractivity contribution in [2.75, 3.05) is 0 Å². The summed E-state index contributed by atoms with van der Waals surface area (Å²) in [5, 5.41) is 0. The summed E-state index contributed by atoms with van der Waals surface area (Å²) in [6, 6.07) is 9.30. The Labute approximate surface area is 156 Å². The van der Waals surface area contributed by atoms with E-state index in [1.165, 1.54) is 0 Å². The molecule has 2 aliphatic rings. The smallest absolute Gasteiger partial charge is 0.0529 e. The van der Waals surface area contributed by atoms with Gasteiger partial charge in [0.15, 0.2) is 0 Å². The normalized spacial score (nSPS) is 36.0. The molecule has 2 aliphatic carbocycles. The van der Waals surface area contributed by atoms with Gasteiger partial charge in [-0.25, -0.2) is 0 Å². The molecule has 3 rings (SSSR count). The van der Waals surface area contributed by atoms with E-state index >= 15 is 0 Å². The molecule has 0 amide bonds. The predicted molar refractivity (Wildman–Crippen MR) is 109 cm³/mol. The van der Waals surface area contributed by atoms with Crippen LogP contribution in [0, 0.1) is 0 Å². The summed E-state index contributed by atoms with van der Waals surface area (Å²) in [6.07, 6.45) is 9.29. The molecule has 6 nitrogen and oxygen atoms in total. The summed E-state index contributed by atoms with van der Waals surface area (Å²) in [6.45, 7) is 0. The van der Waals surface area contributed by atoms with Gasteiger partial charge < -0.3 is 22.9 Å². The van der Waals surface area contributed by atoms with E-state index in [1.54, 1.807) is 0 Å². The van der Waals surface area contributed by atoms with Gasteiger partial charge in [-0.3, -0.25) is 9.98 Å². The van der Waals surface area contributed by atoms with Crippen molar-refractivity contribution in [2.45, 2.75) is 74.8 Å². The molecule has 2 fully saturated rings. The van der Waals surface area contributed by atoms with E-state index < -0.39 is 0 Å². The zero-order valence-electron chi connectivity index (χ0n) is 15.4. The quantitative estimate of drug-likeness (QED) is 0.598. The van der Waals surface area contributed by atoms with Gasteiger partial charge in [0.2, 0.25) is 0 Å². The highest BCUT2D eigenvalue weighted by atomic mass is 14.8. The van der Waals surface area contributed by atoms with Crippen molar-refractivity contribution in [3.05, 3.63) is 35.4 Å². The Kier molecular flexibility index (Phi) is 6.53. The van der Waals surface area contributed by atoms with Gasteiger partial charge in [0, 0.05) is 36.6 Å². The molecular weight excluding hydrogens is 324 g/mol. The highest BCUT2D eigenvalue weighted by Gasteiger charge is 2.24. The first kappa shape index (κ1) is 19.2. The van der Waals surface area contributed by atoms with Gasteiger partial charge in [0.1, 0.15) is 0 Å². The Bertz CT molecular complexity index is 572. The Balaban J connectivity index is 1.61. The van der Waals surface area contributed by atoms with Gasteiger partial charge in [0.25, 0.3) is 0 Å². The number of benzene rings is 1. The Morgan fingerprint density at radius 2 is 1.04 bits per heavy atom. The van der Waals surface area contributed by atoms with Crippen LogP contribution in [0.4, 0.5) is 0 Å². The summed E-state index contributed by atoms with van der Waals surface area (Å²) < 4.78 is 0. The Hall–Kier alpha value is -1.60. The van der Waals surface area contributed by atoms with Crippen LogP contribution in [0.25, 0.3) is 0 Å². The lowest BCUT2D eigenvalue weighted by Gasteiger charge is -2.28. The van der Waals surface area contributed by atoms with Crippen molar-refractivity contribution in [1.29, 1.82) is 0 Å². The maximum absolute atomic E-state index is 6.05. The molecule has 4 atom stereocenters. The number of aliphatic imine (C=N–C) groups is 2. The summed E-state index contributed by atoms with van der Waals surface area (Å²) in [7, 11) is 0. The number of nitrogens with zero attached hydrogens (tertiary/aromatic N) is 2. The molecule has 1 aromatic rings. The third-order valence-electron chi connectivity index (χ3n) is 5.29. The SMILES string of the molecule is NC1CC(N)CC(N=Cc2cccc(C=NC3CC(N)CC(N)C3)c2)C1. The molecule has 1 aromatic carbocycles. The molecule has 0 saturated heterocycles. The summed E-state index contributed by atoms with van der Waals surface area (Å²) >= 11 is 0. The second-order valence-electron chi connectivity index (χ2n) is 7.99. The minimum atomic E-state index is 0.160. The fraction of sp³-hybridized carbons (Fsp3) is 0.600. The molecule has 2 saturated carbocycles. The monoisotopic (exact) mass is 356 g/mol. The molecule has 6 heteroatoms. The van der Waals surface area contributed by atoms with Crippen LogP contribution in [0.3, 0.4) is 0 Å². The maximum Gasteiger partial charge on any atom is 0.0529 e. The summed E-state index contributed by atoms with van der Waals surface area (Å²) in [5.74, 6) is 0. The van der Waals surface area contributed by atoms with Crippen LogP contribution in [0.5, 0.6) is 0 Å². The molecule has 0 aliphatic heterocycles. The third-order valence-corrected chi connectivity index (χ3v) is 5.29. The van der Waals surface area contributed by atoms with Crippen LogP contribution < -0.4 is 22.9 Å². The fourth-order valence-electron chi connectivity index (χ4n) is 4.10. The average Bonchev–Trinajstić information content (AvgIpc) is 2.57. The van der Waals surface area contributed by atoms with E-state index in [1.807, 2.05) is 18.5 Å². The van der Waals surface area contributed by atoms with Crippen LogP contribution in [-0.2, 0) is 0 Å². The van der Waals surface area contributed by atoms with Crippen molar-refractivity contribution >= 4 is 12.4 Å². The van der Waals surface area contributed by atoms with Gasteiger partial charge in [-0.1, -0.05) is 18.2 Å². The lowest BCUT2D eigenvalue weighted by atomic mass is 9.88. The first-order chi connectivity index (χ1) is 12.5. The minimum absolute atomic E-state index is 0.160. The van der Waals surface area contributed by atoms with Gasteiger partial charge >= 0.3 is 0 Å². The molecule has 26 heavy (non-hydrogen) atoms. The third kappa shape index (κ3) is 5.71. The molecule has 0 spiro atoms. The van der Waals surface area contributed by atoms with Gasteiger partial charge in [-0.2, -0.15) is 0 Å². The van der Waals surface area contributed by atoms with Crippen molar-refractivity contribution in [1.82, 2.24) is 0 Å². The summed E-state index contributed by atoms with van der Waals surface area (Å²) in [5.41, 5.74) is 26.3. The minimum Gasteiger partial charge on any atom is -0.328 e. The van der Waals surface area contributed by atoms with Gasteiger partial charge in [-0.05, 0) is 55.7 Å². The maximum atomic E-state index is 6.05. The first-order valence-electron chi connectivity index (χ1n) is 9.66. The van der Waals surface area contributed by atoms with Gasteiger partial charge in [-0.15, -0.1) is 0 Å². The van der Waals surface area contributed by atoms with Crippen LogP contribution in [0.15, 0.2) is 34.3 Å². The molecule has 0 bridgehead atoms. The van der Waals surface area contributed by atoms with Crippen LogP contribution in [-0.4, -0.2) is 48.7 Å². The predicted octanol–water partition coefficient (Wildman–Crippen LogP) is 0.939. The zero-order chi connectivity index (χ0) is 18.5. The van der Waals surface area contributed by atoms with E-state index in [9.17, 15) is 0 Å². The lowest BCUT2D eigenvalue weighted by molar-refractivity contribution is 0.353. The van der Waals surface area contributed by atoms with Crippen molar-refractivity contribution in [2.24, 2.45) is 32.9 Å². The van der Waals surface area contributed by atoms with E-state index in [-0.39, 0.29) is 36.3 Å². The average molecular weight is 357 g/mol. The van der Waals surface area contributed by atoms with Gasteiger partial charge in [0.05, 0.1) is 12.1 Å². The van der Waals surface area contributed by atoms with E-state index in [4.69, 9.17) is 32.9 Å². The molecule has 0 radical (unpaired) electrons. The molecule has 142 valence electrons. The Morgan fingerprint density at radius 1 is 0.654 bits per heavy atom. The highest BCUT2D eigenvalue weighted by Crippen LogP contribution is 2.20.